The maximum Gasteiger partial charge on any atom is 0.416 e. The molecule has 0 radical (unpaired) electrons. The maximum absolute atomic E-state index is 12.4. The van der Waals surface area contributed by atoms with Crippen molar-refractivity contribution in [3.63, 3.8) is 0 Å². The summed E-state index contributed by atoms with van der Waals surface area (Å²) in [5, 5.41) is 0. The van der Waals surface area contributed by atoms with Crippen molar-refractivity contribution in [1.82, 2.24) is 0 Å². The highest BCUT2D eigenvalue weighted by molar-refractivity contribution is 5.25. The van der Waals surface area contributed by atoms with Crippen LogP contribution in [0.1, 0.15) is 43.2 Å². The molecule has 1 unspecified atom stereocenters. The molecule has 4 heteroatoms. The van der Waals surface area contributed by atoms with Crippen molar-refractivity contribution in [3.8, 4) is 0 Å². The van der Waals surface area contributed by atoms with E-state index >= 15 is 0 Å². The third kappa shape index (κ3) is 3.96. The predicted molar refractivity (Wildman–Crippen MR) is 69.7 cm³/mol. The van der Waals surface area contributed by atoms with E-state index in [2.05, 4.69) is 0 Å². The predicted octanol–water partition coefficient (Wildman–Crippen LogP) is 4.16. The van der Waals surface area contributed by atoms with Crippen LogP contribution in [0, 0.1) is 5.92 Å². The number of rotatable bonds is 3. The Balaban J connectivity index is 1.95. The van der Waals surface area contributed by atoms with Crippen molar-refractivity contribution in [3.05, 3.63) is 35.4 Å². The van der Waals surface area contributed by atoms with Gasteiger partial charge in [0.25, 0.3) is 0 Å². The minimum Gasteiger partial charge on any atom is -0.327 e. The minimum atomic E-state index is -4.26. The number of benzene rings is 1. The molecule has 0 saturated heterocycles. The van der Waals surface area contributed by atoms with Crippen molar-refractivity contribution in [2.24, 2.45) is 11.7 Å². The third-order valence-electron chi connectivity index (χ3n) is 4.01. The molecule has 0 spiro atoms. The number of hydrogen-bond acceptors (Lipinski definition) is 1. The van der Waals surface area contributed by atoms with Crippen molar-refractivity contribution in [1.29, 1.82) is 0 Å². The Morgan fingerprint density at radius 3 is 2.16 bits per heavy atom. The van der Waals surface area contributed by atoms with Crippen molar-refractivity contribution in [2.75, 3.05) is 0 Å². The molecule has 0 aliphatic heterocycles. The summed E-state index contributed by atoms with van der Waals surface area (Å²) >= 11 is 0. The molecule has 1 atom stereocenters. The SMILES string of the molecule is NC(Cc1ccc(C(F)(F)F)cc1)C1CCCCC1. The van der Waals surface area contributed by atoms with E-state index in [1.807, 2.05) is 0 Å². The van der Waals surface area contributed by atoms with Crippen LogP contribution in [-0.2, 0) is 12.6 Å². The molecule has 19 heavy (non-hydrogen) atoms. The van der Waals surface area contributed by atoms with E-state index in [1.54, 1.807) is 12.1 Å². The highest BCUT2D eigenvalue weighted by Crippen LogP contribution is 2.30. The molecule has 1 aliphatic rings. The van der Waals surface area contributed by atoms with Crippen LogP contribution in [0.5, 0.6) is 0 Å². The highest BCUT2D eigenvalue weighted by atomic mass is 19.4. The normalized spacial score (nSPS) is 19.4. The lowest BCUT2D eigenvalue weighted by Crippen LogP contribution is -2.33. The average Bonchev–Trinajstić information content (AvgIpc) is 2.39. The summed E-state index contributed by atoms with van der Waals surface area (Å²) in [6, 6.07) is 5.44. The van der Waals surface area contributed by atoms with Gasteiger partial charge in [0.05, 0.1) is 5.56 Å². The van der Waals surface area contributed by atoms with Gasteiger partial charge in [-0.1, -0.05) is 31.4 Å². The van der Waals surface area contributed by atoms with Crippen molar-refractivity contribution in [2.45, 2.75) is 50.7 Å². The molecule has 2 rings (SSSR count). The van der Waals surface area contributed by atoms with Crippen LogP contribution in [0.3, 0.4) is 0 Å². The van der Waals surface area contributed by atoms with Crippen LogP contribution >= 0.6 is 0 Å². The van der Waals surface area contributed by atoms with Gasteiger partial charge in [0.15, 0.2) is 0 Å². The first-order chi connectivity index (χ1) is 8.97. The van der Waals surface area contributed by atoms with Crippen LogP contribution in [-0.4, -0.2) is 6.04 Å². The Labute approximate surface area is 112 Å². The summed E-state index contributed by atoms with van der Waals surface area (Å²) in [6.07, 6.45) is 2.46. The fraction of sp³-hybridized carbons (Fsp3) is 0.600. The minimum absolute atomic E-state index is 0.0667. The van der Waals surface area contributed by atoms with Crippen molar-refractivity contribution < 1.29 is 13.2 Å². The van der Waals surface area contributed by atoms with Crippen LogP contribution in [0.2, 0.25) is 0 Å². The Hall–Kier alpha value is -1.03. The first-order valence-corrected chi connectivity index (χ1v) is 6.88. The van der Waals surface area contributed by atoms with E-state index in [-0.39, 0.29) is 6.04 Å². The van der Waals surface area contributed by atoms with E-state index in [0.717, 1.165) is 30.5 Å². The van der Waals surface area contributed by atoms with Crippen LogP contribution in [0.4, 0.5) is 13.2 Å². The smallest absolute Gasteiger partial charge is 0.327 e. The average molecular weight is 271 g/mol. The zero-order valence-electron chi connectivity index (χ0n) is 10.9. The van der Waals surface area contributed by atoms with Gasteiger partial charge in [0.1, 0.15) is 0 Å². The summed E-state index contributed by atoms with van der Waals surface area (Å²) in [5.41, 5.74) is 6.48. The molecule has 2 N–H and O–H groups in total. The van der Waals surface area contributed by atoms with E-state index in [1.165, 1.54) is 19.3 Å². The second-order valence-electron chi connectivity index (χ2n) is 5.46. The van der Waals surface area contributed by atoms with Crippen LogP contribution < -0.4 is 5.73 Å². The Morgan fingerprint density at radius 1 is 1.05 bits per heavy atom. The second kappa shape index (κ2) is 5.95. The topological polar surface area (TPSA) is 26.0 Å². The van der Waals surface area contributed by atoms with E-state index in [9.17, 15) is 13.2 Å². The molecule has 1 aliphatic carbocycles. The lowest BCUT2D eigenvalue weighted by molar-refractivity contribution is -0.137. The van der Waals surface area contributed by atoms with E-state index in [0.29, 0.717) is 12.3 Å². The Kier molecular flexibility index (Phi) is 4.50. The number of nitrogens with two attached hydrogens (primary N) is 1. The zero-order valence-corrected chi connectivity index (χ0v) is 10.9. The fourth-order valence-corrected chi connectivity index (χ4v) is 2.83. The van der Waals surface area contributed by atoms with Gasteiger partial charge in [0, 0.05) is 6.04 Å². The summed E-state index contributed by atoms with van der Waals surface area (Å²) in [4.78, 5) is 0. The second-order valence-corrected chi connectivity index (χ2v) is 5.46. The Morgan fingerprint density at radius 2 is 1.63 bits per heavy atom. The molecule has 1 aromatic carbocycles. The summed E-state index contributed by atoms with van der Waals surface area (Å²) in [7, 11) is 0. The van der Waals surface area contributed by atoms with Gasteiger partial charge in [-0.15, -0.1) is 0 Å². The molecule has 0 aromatic heterocycles. The Bertz CT molecular complexity index is 391. The van der Waals surface area contributed by atoms with E-state index in [4.69, 9.17) is 5.73 Å². The van der Waals surface area contributed by atoms with Gasteiger partial charge in [0.2, 0.25) is 0 Å². The molecule has 0 amide bonds. The number of alkyl halides is 3. The van der Waals surface area contributed by atoms with Crippen LogP contribution in [0.15, 0.2) is 24.3 Å². The standard InChI is InChI=1S/C15H20F3N/c16-15(17,18)13-8-6-11(7-9-13)10-14(19)12-4-2-1-3-5-12/h6-9,12,14H,1-5,10,19H2. The molecule has 106 valence electrons. The van der Waals surface area contributed by atoms with Crippen molar-refractivity contribution >= 4 is 0 Å². The lowest BCUT2D eigenvalue weighted by atomic mass is 9.82. The first-order valence-electron chi connectivity index (χ1n) is 6.88. The first kappa shape index (κ1) is 14.4. The molecule has 1 aromatic rings. The zero-order chi connectivity index (χ0) is 13.9. The van der Waals surface area contributed by atoms with Gasteiger partial charge >= 0.3 is 6.18 Å². The number of halogens is 3. The molecule has 1 nitrogen and oxygen atoms in total. The quantitative estimate of drug-likeness (QED) is 0.877. The molecular weight excluding hydrogens is 251 g/mol. The van der Waals surface area contributed by atoms with Gasteiger partial charge < -0.3 is 5.73 Å². The summed E-state index contributed by atoms with van der Waals surface area (Å²) < 4.78 is 37.3. The largest absolute Gasteiger partial charge is 0.416 e. The van der Waals surface area contributed by atoms with E-state index < -0.39 is 11.7 Å². The molecule has 1 saturated carbocycles. The lowest BCUT2D eigenvalue weighted by Gasteiger charge is -2.27. The molecule has 1 fully saturated rings. The summed E-state index contributed by atoms with van der Waals surface area (Å²) in [5.74, 6) is 0.524. The monoisotopic (exact) mass is 271 g/mol. The molecular formula is C15H20F3N. The summed E-state index contributed by atoms with van der Waals surface area (Å²) in [6.45, 7) is 0. The fourth-order valence-electron chi connectivity index (χ4n) is 2.83. The van der Waals surface area contributed by atoms with Gasteiger partial charge in [-0.25, -0.2) is 0 Å². The third-order valence-corrected chi connectivity index (χ3v) is 4.01. The van der Waals surface area contributed by atoms with Gasteiger partial charge in [-0.05, 0) is 42.9 Å². The van der Waals surface area contributed by atoms with Crippen LogP contribution in [0.25, 0.3) is 0 Å². The van der Waals surface area contributed by atoms with Gasteiger partial charge in [-0.3, -0.25) is 0 Å². The maximum atomic E-state index is 12.4. The van der Waals surface area contributed by atoms with Gasteiger partial charge in [-0.2, -0.15) is 13.2 Å². The number of hydrogen-bond donors (Lipinski definition) is 1. The molecule has 0 bridgehead atoms. The molecule has 0 heterocycles. The highest BCUT2D eigenvalue weighted by Gasteiger charge is 2.30.